The van der Waals surface area contributed by atoms with Crippen molar-refractivity contribution in [2.24, 2.45) is 22.7 Å². The lowest BCUT2D eigenvalue weighted by molar-refractivity contribution is 0.223. The summed E-state index contributed by atoms with van der Waals surface area (Å²) in [7, 11) is 1.88. The van der Waals surface area contributed by atoms with E-state index in [9.17, 15) is 0 Å². The van der Waals surface area contributed by atoms with E-state index in [0.717, 1.165) is 22.9 Å². The van der Waals surface area contributed by atoms with Gasteiger partial charge in [0.2, 0.25) is 0 Å². The largest absolute Gasteiger partial charge is 0.397 e. The highest BCUT2D eigenvalue weighted by Gasteiger charge is 2.78. The molecular weight excluding hydrogens is 252 g/mol. The number of hydrogen-bond acceptors (Lipinski definition) is 2. The van der Waals surface area contributed by atoms with E-state index in [1.807, 2.05) is 14.2 Å². The molecule has 0 N–H and O–H groups in total. The summed E-state index contributed by atoms with van der Waals surface area (Å²) < 4.78 is 12.4. The van der Waals surface area contributed by atoms with Crippen LogP contribution in [0.25, 0.3) is 0 Å². The van der Waals surface area contributed by atoms with E-state index in [-0.39, 0.29) is 0 Å². The van der Waals surface area contributed by atoms with Gasteiger partial charge in [0.25, 0.3) is 0 Å². The first-order chi connectivity index (χ1) is 9.01. The van der Waals surface area contributed by atoms with Gasteiger partial charge in [0.15, 0.2) is 0 Å². The van der Waals surface area contributed by atoms with Crippen molar-refractivity contribution in [3.05, 3.63) is 0 Å². The highest BCUT2D eigenvalue weighted by molar-refractivity contribution is 6.72. The molecule has 4 atom stereocenters. The molecule has 0 amide bonds. The average molecular weight is 280 g/mol. The van der Waals surface area contributed by atoms with E-state index in [4.69, 9.17) is 8.85 Å². The molecule has 108 valence electrons. The van der Waals surface area contributed by atoms with Crippen LogP contribution in [0.4, 0.5) is 0 Å². The number of hydrogen-bond donors (Lipinski definition) is 0. The average Bonchev–Trinajstić information content (AvgIpc) is 3.19. The second-order valence-corrected chi connectivity index (χ2v) is 11.9. The lowest BCUT2D eigenvalue weighted by atomic mass is 10.0. The van der Waals surface area contributed by atoms with Gasteiger partial charge in [0.05, 0.1) is 0 Å². The Labute approximate surface area is 118 Å². The number of rotatable bonds is 6. The zero-order chi connectivity index (χ0) is 13.5. The molecule has 0 saturated heterocycles. The molecule has 4 aliphatic carbocycles. The van der Waals surface area contributed by atoms with Gasteiger partial charge in [-0.25, -0.2) is 0 Å². The van der Waals surface area contributed by atoms with Crippen LogP contribution in [0.5, 0.6) is 0 Å². The topological polar surface area (TPSA) is 18.5 Å². The summed E-state index contributed by atoms with van der Waals surface area (Å²) in [6.45, 7) is 5.01. The molecule has 3 heteroatoms. The molecule has 0 heterocycles. The SMILES string of the molecule is CO[Si](OC)(C1CC1(C)C1CC1)C1CC1(C)C1CC1. The van der Waals surface area contributed by atoms with Crippen molar-refractivity contribution in [1.29, 1.82) is 0 Å². The maximum absolute atomic E-state index is 6.20. The Hall–Kier alpha value is 0.137. The van der Waals surface area contributed by atoms with Crippen LogP contribution in [0.2, 0.25) is 11.1 Å². The minimum atomic E-state index is -1.99. The fourth-order valence-electron chi connectivity index (χ4n) is 5.25. The van der Waals surface area contributed by atoms with Crippen molar-refractivity contribution >= 4 is 8.56 Å². The summed E-state index contributed by atoms with van der Waals surface area (Å²) in [5, 5.41) is 0. The maximum Gasteiger partial charge on any atom is 0.345 e. The van der Waals surface area contributed by atoms with E-state index in [0.29, 0.717) is 10.8 Å². The first kappa shape index (κ1) is 12.8. The van der Waals surface area contributed by atoms with Crippen LogP contribution in [-0.2, 0) is 8.85 Å². The molecule has 0 aliphatic heterocycles. The van der Waals surface area contributed by atoms with Gasteiger partial charge in [0.1, 0.15) is 0 Å². The minimum Gasteiger partial charge on any atom is -0.397 e. The van der Waals surface area contributed by atoms with Crippen molar-refractivity contribution in [3.63, 3.8) is 0 Å². The van der Waals surface area contributed by atoms with Crippen LogP contribution < -0.4 is 0 Å². The van der Waals surface area contributed by atoms with Gasteiger partial charge in [-0.3, -0.25) is 0 Å². The van der Waals surface area contributed by atoms with Crippen LogP contribution in [0, 0.1) is 22.7 Å². The van der Waals surface area contributed by atoms with Gasteiger partial charge in [-0.15, -0.1) is 0 Å². The first-order valence-corrected chi connectivity index (χ1v) is 10.1. The van der Waals surface area contributed by atoms with Crippen molar-refractivity contribution in [1.82, 2.24) is 0 Å². The minimum absolute atomic E-state index is 0.575. The van der Waals surface area contributed by atoms with Crippen molar-refractivity contribution in [3.8, 4) is 0 Å². The lowest BCUT2D eigenvalue weighted by Gasteiger charge is -2.32. The van der Waals surface area contributed by atoms with Crippen LogP contribution in [-0.4, -0.2) is 22.8 Å². The van der Waals surface area contributed by atoms with Crippen LogP contribution in [0.3, 0.4) is 0 Å². The quantitative estimate of drug-likeness (QED) is 0.682. The summed E-state index contributed by atoms with van der Waals surface area (Å²) in [6.07, 6.45) is 8.57. The van der Waals surface area contributed by atoms with Gasteiger partial charge >= 0.3 is 8.56 Å². The van der Waals surface area contributed by atoms with Crippen LogP contribution >= 0.6 is 0 Å². The summed E-state index contributed by atoms with van der Waals surface area (Å²) in [4.78, 5) is 0. The van der Waals surface area contributed by atoms with Gasteiger partial charge in [-0.2, -0.15) is 0 Å². The third kappa shape index (κ3) is 1.61. The van der Waals surface area contributed by atoms with Crippen molar-refractivity contribution < 1.29 is 8.85 Å². The second-order valence-electron chi connectivity index (χ2n) is 8.20. The predicted octanol–water partition coefficient (Wildman–Crippen LogP) is 4.10. The molecule has 2 nitrogen and oxygen atoms in total. The Bertz CT molecular complexity index is 366. The summed E-state index contributed by atoms with van der Waals surface area (Å²) in [5.41, 5.74) is 2.69. The lowest BCUT2D eigenvalue weighted by Crippen LogP contribution is -2.44. The molecule has 4 fully saturated rings. The van der Waals surface area contributed by atoms with Crippen molar-refractivity contribution in [2.45, 2.75) is 63.5 Å². The summed E-state index contributed by atoms with van der Waals surface area (Å²) >= 11 is 0. The standard InChI is InChI=1S/C16H28O2Si/c1-15(11-5-6-11)9-13(15)19(17-3,18-4)14-10-16(14,2)12-7-8-12/h11-14H,5-10H2,1-4H3. The van der Waals surface area contributed by atoms with Crippen molar-refractivity contribution in [2.75, 3.05) is 14.2 Å². The zero-order valence-electron chi connectivity index (χ0n) is 12.9. The molecule has 0 spiro atoms. The fraction of sp³-hybridized carbons (Fsp3) is 1.00. The summed E-state index contributed by atoms with van der Waals surface area (Å²) in [6, 6.07) is 0. The zero-order valence-corrected chi connectivity index (χ0v) is 13.9. The molecule has 0 bridgehead atoms. The molecule has 0 aromatic rings. The maximum atomic E-state index is 6.20. The second kappa shape index (κ2) is 3.66. The van der Waals surface area contributed by atoms with Gasteiger partial charge in [-0.1, -0.05) is 13.8 Å². The highest BCUT2D eigenvalue weighted by atomic mass is 28.4. The third-order valence-electron chi connectivity index (χ3n) is 7.19. The van der Waals surface area contributed by atoms with Crippen LogP contribution in [0.15, 0.2) is 0 Å². The highest BCUT2D eigenvalue weighted by Crippen LogP contribution is 2.80. The molecule has 4 saturated carbocycles. The van der Waals surface area contributed by atoms with E-state index < -0.39 is 8.56 Å². The van der Waals surface area contributed by atoms with E-state index in [1.54, 1.807) is 0 Å². The molecule has 0 radical (unpaired) electrons. The van der Waals surface area contributed by atoms with Crippen LogP contribution in [0.1, 0.15) is 52.4 Å². The Kier molecular flexibility index (Phi) is 2.48. The van der Waals surface area contributed by atoms with Gasteiger partial charge < -0.3 is 8.85 Å². The molecule has 0 aromatic carbocycles. The molecule has 4 rings (SSSR count). The van der Waals surface area contributed by atoms with E-state index in [2.05, 4.69) is 13.8 Å². The Morgan fingerprint density at radius 2 is 1.16 bits per heavy atom. The van der Waals surface area contributed by atoms with Gasteiger partial charge in [-0.05, 0) is 61.2 Å². The van der Waals surface area contributed by atoms with E-state index in [1.165, 1.54) is 38.5 Å². The first-order valence-electron chi connectivity index (χ1n) is 8.11. The fourth-order valence-corrected chi connectivity index (χ4v) is 10.8. The molecular formula is C16H28O2Si. The molecule has 4 unspecified atom stereocenters. The molecule has 0 aromatic heterocycles. The van der Waals surface area contributed by atoms with Gasteiger partial charge in [0, 0.05) is 25.3 Å². The Balaban J connectivity index is 1.57. The Morgan fingerprint density at radius 3 is 1.42 bits per heavy atom. The molecule has 19 heavy (non-hydrogen) atoms. The summed E-state index contributed by atoms with van der Waals surface area (Å²) in [5.74, 6) is 1.97. The Morgan fingerprint density at radius 1 is 0.789 bits per heavy atom. The third-order valence-corrected chi connectivity index (χ3v) is 12.1. The molecule has 4 aliphatic rings. The van der Waals surface area contributed by atoms with E-state index >= 15 is 0 Å². The normalized spacial score (nSPS) is 49.3. The predicted molar refractivity (Wildman–Crippen MR) is 78.2 cm³/mol. The smallest absolute Gasteiger partial charge is 0.345 e. The monoisotopic (exact) mass is 280 g/mol.